The minimum Gasteiger partial charge on any atom is -0.480 e. The molecule has 1 atom stereocenters. The van der Waals surface area contributed by atoms with Crippen LogP contribution in [0.5, 0.6) is 0 Å². The number of aliphatic carboxylic acids is 1. The Morgan fingerprint density at radius 3 is 1.97 bits per heavy atom. The molecule has 0 radical (unpaired) electrons. The molecular formula is C24H23NO6. The first kappa shape index (κ1) is 22.0. The Labute approximate surface area is 180 Å². The van der Waals surface area contributed by atoms with Gasteiger partial charge in [-0.1, -0.05) is 84.9 Å². The van der Waals surface area contributed by atoms with Crippen molar-refractivity contribution in [2.75, 3.05) is 6.61 Å². The minimum absolute atomic E-state index is 0.0146. The summed E-state index contributed by atoms with van der Waals surface area (Å²) in [5.41, 5.74) is 3.58. The van der Waals surface area contributed by atoms with Crippen molar-refractivity contribution in [3.8, 4) is 11.1 Å². The molecule has 7 nitrogen and oxygen atoms in total. The summed E-state index contributed by atoms with van der Waals surface area (Å²) in [4.78, 5) is 28.7. The fraction of sp³-hybridized carbons (Fsp3) is 0.167. The quantitative estimate of drug-likeness (QED) is 0.400. The number of aliphatic hydroxyl groups excluding tert-OH is 1. The van der Waals surface area contributed by atoms with Gasteiger partial charge in [0.25, 0.3) is 0 Å². The summed E-state index contributed by atoms with van der Waals surface area (Å²) in [6.07, 6.45) is -1.05. The van der Waals surface area contributed by atoms with E-state index in [1.165, 1.54) is 0 Å². The van der Waals surface area contributed by atoms with Gasteiger partial charge < -0.3 is 19.8 Å². The molecule has 0 saturated heterocycles. The molecule has 0 amide bonds. The van der Waals surface area contributed by atoms with E-state index >= 15 is 0 Å². The zero-order chi connectivity index (χ0) is 22.1. The number of hydrogen-bond donors (Lipinski definition) is 2. The number of nitrogens with zero attached hydrogens (tertiary/aromatic N) is 1. The van der Waals surface area contributed by atoms with Crippen molar-refractivity contribution in [1.82, 2.24) is 5.06 Å². The van der Waals surface area contributed by atoms with E-state index in [-0.39, 0.29) is 13.2 Å². The predicted molar refractivity (Wildman–Crippen MR) is 114 cm³/mol. The van der Waals surface area contributed by atoms with Gasteiger partial charge in [0, 0.05) is 0 Å². The van der Waals surface area contributed by atoms with Crippen molar-refractivity contribution in [3.63, 3.8) is 0 Å². The van der Waals surface area contributed by atoms with Crippen molar-refractivity contribution in [1.29, 1.82) is 0 Å². The molecule has 31 heavy (non-hydrogen) atoms. The first-order chi connectivity index (χ1) is 15.1. The number of rotatable bonds is 9. The van der Waals surface area contributed by atoms with Crippen LogP contribution >= 0.6 is 0 Å². The largest absolute Gasteiger partial charge is 0.528 e. The molecule has 3 aromatic carbocycles. The molecule has 3 rings (SSSR count). The lowest BCUT2D eigenvalue weighted by Crippen LogP contribution is -2.44. The number of carboxylic acids is 1. The SMILES string of the molecule is O=C(OCc1ccc(-c2ccccc2)cc1)ON(Cc1ccccc1)[C@H](CO)C(=O)O. The third kappa shape index (κ3) is 6.40. The van der Waals surface area contributed by atoms with Gasteiger partial charge in [0.15, 0.2) is 6.04 Å². The van der Waals surface area contributed by atoms with E-state index in [1.807, 2.05) is 60.7 Å². The lowest BCUT2D eigenvalue weighted by atomic mass is 10.0. The molecule has 0 fully saturated rings. The fourth-order valence-corrected chi connectivity index (χ4v) is 2.95. The van der Waals surface area contributed by atoms with Crippen molar-refractivity contribution >= 4 is 12.1 Å². The van der Waals surface area contributed by atoms with Crippen LogP contribution in [0.1, 0.15) is 11.1 Å². The normalized spacial score (nSPS) is 11.7. The smallest absolute Gasteiger partial charge is 0.480 e. The van der Waals surface area contributed by atoms with Gasteiger partial charge >= 0.3 is 12.1 Å². The van der Waals surface area contributed by atoms with Crippen LogP contribution in [0.15, 0.2) is 84.9 Å². The maximum Gasteiger partial charge on any atom is 0.528 e. The summed E-state index contributed by atoms with van der Waals surface area (Å²) in [7, 11) is 0. The molecule has 7 heteroatoms. The van der Waals surface area contributed by atoms with Gasteiger partial charge in [0.2, 0.25) is 0 Å². The summed E-state index contributed by atoms with van der Waals surface area (Å²) in [5, 5.41) is 19.7. The number of benzene rings is 3. The first-order valence-electron chi connectivity index (χ1n) is 9.70. The van der Waals surface area contributed by atoms with Crippen LogP contribution in [0.4, 0.5) is 4.79 Å². The Morgan fingerprint density at radius 2 is 1.39 bits per heavy atom. The highest BCUT2D eigenvalue weighted by molar-refractivity contribution is 5.73. The van der Waals surface area contributed by atoms with E-state index in [0.29, 0.717) is 5.56 Å². The number of carboxylic acid groups (broad SMARTS) is 1. The van der Waals surface area contributed by atoms with Gasteiger partial charge in [-0.3, -0.25) is 4.79 Å². The van der Waals surface area contributed by atoms with Gasteiger partial charge in [-0.2, -0.15) is 0 Å². The second-order valence-corrected chi connectivity index (χ2v) is 6.79. The summed E-state index contributed by atoms with van der Waals surface area (Å²) in [5.74, 6) is -1.32. The monoisotopic (exact) mass is 421 g/mol. The first-order valence-corrected chi connectivity index (χ1v) is 9.70. The highest BCUT2D eigenvalue weighted by Crippen LogP contribution is 2.19. The van der Waals surface area contributed by atoms with Gasteiger partial charge in [-0.15, -0.1) is 5.06 Å². The van der Waals surface area contributed by atoms with Gasteiger partial charge in [0.1, 0.15) is 6.61 Å². The van der Waals surface area contributed by atoms with Gasteiger partial charge in [-0.25, -0.2) is 4.79 Å². The maximum absolute atomic E-state index is 12.2. The standard InChI is InChI=1S/C24H23NO6/c26-16-22(23(27)28)25(15-18-7-3-1-4-8-18)31-24(29)30-17-19-11-13-21(14-12-19)20-9-5-2-6-10-20/h1-14,22,26H,15-17H2,(H,27,28)/t22-/m1/s1. The summed E-state index contributed by atoms with van der Waals surface area (Å²) in [6.45, 7) is -0.778. The van der Waals surface area contributed by atoms with Crippen LogP contribution in [0.2, 0.25) is 0 Å². The second-order valence-electron chi connectivity index (χ2n) is 6.79. The fourth-order valence-electron chi connectivity index (χ4n) is 2.95. The lowest BCUT2D eigenvalue weighted by molar-refractivity contribution is -0.188. The molecule has 0 aliphatic carbocycles. The molecule has 0 spiro atoms. The van der Waals surface area contributed by atoms with E-state index in [2.05, 4.69) is 0 Å². The number of hydrogen-bond acceptors (Lipinski definition) is 6. The molecular weight excluding hydrogens is 398 g/mol. The molecule has 2 N–H and O–H groups in total. The molecule has 0 bridgehead atoms. The minimum atomic E-state index is -1.42. The van der Waals surface area contributed by atoms with Crippen molar-refractivity contribution in [2.24, 2.45) is 0 Å². The number of carbonyl (C=O) groups excluding carboxylic acids is 1. The summed E-state index contributed by atoms with van der Waals surface area (Å²) in [6, 6.07) is 24.9. The molecule has 0 aliphatic rings. The third-order valence-corrected chi connectivity index (χ3v) is 4.60. The molecule has 0 aromatic heterocycles. The van der Waals surface area contributed by atoms with Crippen LogP contribution in [0.3, 0.4) is 0 Å². The third-order valence-electron chi connectivity index (χ3n) is 4.60. The lowest BCUT2D eigenvalue weighted by Gasteiger charge is -2.25. The van der Waals surface area contributed by atoms with E-state index in [4.69, 9.17) is 9.57 Å². The van der Waals surface area contributed by atoms with E-state index in [0.717, 1.165) is 21.8 Å². The Hall–Kier alpha value is -3.68. The van der Waals surface area contributed by atoms with Gasteiger partial charge in [0.05, 0.1) is 13.2 Å². The molecule has 0 aliphatic heterocycles. The number of hydroxylamine groups is 2. The molecule has 3 aromatic rings. The molecule has 160 valence electrons. The Morgan fingerprint density at radius 1 is 0.806 bits per heavy atom. The van der Waals surface area contributed by atoms with Gasteiger partial charge in [-0.05, 0) is 22.3 Å². The number of ether oxygens (including phenoxy) is 1. The number of carbonyl (C=O) groups is 2. The topological polar surface area (TPSA) is 96.3 Å². The molecule has 0 saturated carbocycles. The Kier molecular flexibility index (Phi) is 7.75. The zero-order valence-corrected chi connectivity index (χ0v) is 16.8. The van der Waals surface area contributed by atoms with Crippen LogP contribution in [-0.4, -0.2) is 40.0 Å². The number of aliphatic hydroxyl groups is 1. The molecule has 0 heterocycles. The summed E-state index contributed by atoms with van der Waals surface area (Å²) >= 11 is 0. The Balaban J connectivity index is 1.60. The highest BCUT2D eigenvalue weighted by Gasteiger charge is 2.29. The maximum atomic E-state index is 12.2. The average Bonchev–Trinajstić information content (AvgIpc) is 2.79. The second kappa shape index (κ2) is 10.9. The highest BCUT2D eigenvalue weighted by atomic mass is 16.8. The van der Waals surface area contributed by atoms with Crippen molar-refractivity contribution in [3.05, 3.63) is 96.1 Å². The summed E-state index contributed by atoms with van der Waals surface area (Å²) < 4.78 is 5.14. The molecule has 0 unspecified atom stereocenters. The van der Waals surface area contributed by atoms with E-state index in [1.54, 1.807) is 24.3 Å². The van der Waals surface area contributed by atoms with E-state index < -0.39 is 24.8 Å². The zero-order valence-electron chi connectivity index (χ0n) is 16.8. The average molecular weight is 421 g/mol. The van der Waals surface area contributed by atoms with Crippen LogP contribution in [0, 0.1) is 0 Å². The van der Waals surface area contributed by atoms with Crippen molar-refractivity contribution in [2.45, 2.75) is 19.2 Å². The van der Waals surface area contributed by atoms with Crippen LogP contribution < -0.4 is 0 Å². The van der Waals surface area contributed by atoms with Crippen LogP contribution in [0.25, 0.3) is 11.1 Å². The van der Waals surface area contributed by atoms with Crippen LogP contribution in [-0.2, 0) is 27.5 Å². The Bertz CT molecular complexity index is 976. The van der Waals surface area contributed by atoms with Crippen molar-refractivity contribution < 1.29 is 29.4 Å². The predicted octanol–water partition coefficient (Wildman–Crippen LogP) is 3.87. The van der Waals surface area contributed by atoms with E-state index in [9.17, 15) is 19.8 Å².